The van der Waals surface area contributed by atoms with E-state index in [0.717, 1.165) is 30.5 Å². The Morgan fingerprint density at radius 3 is 2.45 bits per heavy atom. The number of rotatable bonds is 4. The van der Waals surface area contributed by atoms with Crippen LogP contribution in [0.15, 0.2) is 42.5 Å². The lowest BCUT2D eigenvalue weighted by molar-refractivity contribution is -0.137. The molecule has 1 fully saturated rings. The molecule has 1 N–H and O–H groups in total. The van der Waals surface area contributed by atoms with Gasteiger partial charge in [-0.1, -0.05) is 24.3 Å². The first-order valence-electron chi connectivity index (χ1n) is 9.43. The number of carbonyl (C=O) groups is 2. The molecule has 1 aliphatic rings. The maximum Gasteiger partial charge on any atom is 0.416 e. The summed E-state index contributed by atoms with van der Waals surface area (Å²) in [5, 5.41) is 9.33. The Morgan fingerprint density at radius 2 is 1.83 bits per heavy atom. The summed E-state index contributed by atoms with van der Waals surface area (Å²) in [5.74, 6) is -1.07. The Morgan fingerprint density at radius 1 is 1.14 bits per heavy atom. The third-order valence-corrected chi connectivity index (χ3v) is 5.37. The van der Waals surface area contributed by atoms with Crippen LogP contribution in [-0.2, 0) is 17.4 Å². The molecular weight excluding hydrogens is 383 g/mol. The minimum Gasteiger partial charge on any atom is -0.478 e. The van der Waals surface area contributed by atoms with Crippen molar-refractivity contribution in [2.24, 2.45) is 0 Å². The maximum atomic E-state index is 12.7. The van der Waals surface area contributed by atoms with Gasteiger partial charge in [0.15, 0.2) is 0 Å². The van der Waals surface area contributed by atoms with Gasteiger partial charge in [-0.25, -0.2) is 4.79 Å². The number of nitrogens with zero attached hydrogens (tertiary/aromatic N) is 1. The number of alkyl halides is 3. The van der Waals surface area contributed by atoms with Crippen LogP contribution in [-0.4, -0.2) is 35.0 Å². The van der Waals surface area contributed by atoms with Crippen molar-refractivity contribution >= 4 is 11.9 Å². The standard InChI is InChI=1S/C22H22F3NO3/c1-14-4-7-16(12-19(14)21(28)29)17-3-2-10-26(13-17)20(27)11-15-5-8-18(9-6-15)22(23,24)25/h4-9,12,17H,2-3,10-11,13H2,1H3,(H,28,29). The van der Waals surface area contributed by atoms with E-state index in [1.54, 1.807) is 24.0 Å². The molecule has 0 spiro atoms. The molecule has 3 rings (SSSR count). The van der Waals surface area contributed by atoms with Gasteiger partial charge in [-0.15, -0.1) is 0 Å². The van der Waals surface area contributed by atoms with E-state index >= 15 is 0 Å². The first-order valence-corrected chi connectivity index (χ1v) is 9.43. The Bertz CT molecular complexity index is 907. The average molecular weight is 405 g/mol. The van der Waals surface area contributed by atoms with Crippen molar-refractivity contribution in [3.63, 3.8) is 0 Å². The molecule has 0 bridgehead atoms. The molecule has 1 saturated heterocycles. The summed E-state index contributed by atoms with van der Waals surface area (Å²) in [4.78, 5) is 25.8. The van der Waals surface area contributed by atoms with Gasteiger partial charge in [0.2, 0.25) is 5.91 Å². The fourth-order valence-electron chi connectivity index (χ4n) is 3.70. The summed E-state index contributed by atoms with van der Waals surface area (Å²) in [6.07, 6.45) is -2.71. The van der Waals surface area contributed by atoms with E-state index in [2.05, 4.69) is 0 Å². The Balaban J connectivity index is 1.68. The average Bonchev–Trinajstić information content (AvgIpc) is 2.68. The molecule has 0 aliphatic carbocycles. The highest BCUT2D eigenvalue weighted by atomic mass is 19.4. The maximum absolute atomic E-state index is 12.7. The molecule has 2 aromatic carbocycles. The lowest BCUT2D eigenvalue weighted by atomic mass is 9.88. The summed E-state index contributed by atoms with van der Waals surface area (Å²) in [7, 11) is 0. The summed E-state index contributed by atoms with van der Waals surface area (Å²) in [5.41, 5.74) is 1.64. The summed E-state index contributed by atoms with van der Waals surface area (Å²) < 4.78 is 38.0. The van der Waals surface area contributed by atoms with Crippen LogP contribution in [0.4, 0.5) is 13.2 Å². The predicted molar refractivity (Wildman–Crippen MR) is 102 cm³/mol. The number of carboxylic acid groups (broad SMARTS) is 1. The molecule has 0 radical (unpaired) electrons. The minimum atomic E-state index is -4.40. The van der Waals surface area contributed by atoms with Crippen LogP contribution < -0.4 is 0 Å². The number of carboxylic acids is 1. The van der Waals surface area contributed by atoms with Crippen LogP contribution in [0.2, 0.25) is 0 Å². The van der Waals surface area contributed by atoms with Crippen LogP contribution in [0.1, 0.15) is 51.4 Å². The predicted octanol–water partition coefficient (Wildman–Crippen LogP) is 4.66. The van der Waals surface area contributed by atoms with Crippen molar-refractivity contribution in [2.45, 2.75) is 38.3 Å². The molecule has 1 atom stereocenters. The topological polar surface area (TPSA) is 57.6 Å². The van der Waals surface area contributed by atoms with Gasteiger partial charge >= 0.3 is 12.1 Å². The summed E-state index contributed by atoms with van der Waals surface area (Å²) in [6, 6.07) is 10.00. The number of aryl methyl sites for hydroxylation is 1. The molecule has 1 aliphatic heterocycles. The normalized spacial score (nSPS) is 17.2. The van der Waals surface area contributed by atoms with Crippen molar-refractivity contribution in [1.82, 2.24) is 4.90 Å². The molecule has 0 aromatic heterocycles. The van der Waals surface area contributed by atoms with E-state index in [-0.39, 0.29) is 23.8 Å². The van der Waals surface area contributed by atoms with Gasteiger partial charge in [0.05, 0.1) is 17.5 Å². The van der Waals surface area contributed by atoms with Gasteiger partial charge in [-0.05, 0) is 54.7 Å². The quantitative estimate of drug-likeness (QED) is 0.805. The Labute approximate surface area is 167 Å². The lowest BCUT2D eigenvalue weighted by Gasteiger charge is -2.33. The Kier molecular flexibility index (Phi) is 5.96. The molecule has 1 unspecified atom stereocenters. The second kappa shape index (κ2) is 8.27. The van der Waals surface area contributed by atoms with Crippen molar-refractivity contribution in [1.29, 1.82) is 0 Å². The van der Waals surface area contributed by atoms with E-state index < -0.39 is 17.7 Å². The van der Waals surface area contributed by atoms with Crippen LogP contribution in [0, 0.1) is 6.92 Å². The number of hydrogen-bond acceptors (Lipinski definition) is 2. The number of aromatic carboxylic acids is 1. The molecule has 29 heavy (non-hydrogen) atoms. The van der Waals surface area contributed by atoms with Crippen LogP contribution >= 0.6 is 0 Å². The number of carbonyl (C=O) groups excluding carboxylic acids is 1. The second-order valence-electron chi connectivity index (χ2n) is 7.43. The second-order valence-corrected chi connectivity index (χ2v) is 7.43. The lowest BCUT2D eigenvalue weighted by Crippen LogP contribution is -2.40. The van der Waals surface area contributed by atoms with Crippen LogP contribution in [0.3, 0.4) is 0 Å². The van der Waals surface area contributed by atoms with Crippen molar-refractivity contribution in [3.8, 4) is 0 Å². The highest BCUT2D eigenvalue weighted by molar-refractivity contribution is 5.89. The van der Waals surface area contributed by atoms with Gasteiger partial charge in [0, 0.05) is 19.0 Å². The highest BCUT2D eigenvalue weighted by Crippen LogP contribution is 2.30. The number of likely N-dealkylation sites (tertiary alicyclic amines) is 1. The summed E-state index contributed by atoms with van der Waals surface area (Å²) in [6.45, 7) is 2.81. The van der Waals surface area contributed by atoms with E-state index in [1.165, 1.54) is 12.1 Å². The zero-order valence-electron chi connectivity index (χ0n) is 16.0. The van der Waals surface area contributed by atoms with Crippen LogP contribution in [0.5, 0.6) is 0 Å². The van der Waals surface area contributed by atoms with Crippen molar-refractivity contribution in [3.05, 3.63) is 70.3 Å². The monoisotopic (exact) mass is 405 g/mol. The first kappa shape index (κ1) is 20.9. The van der Waals surface area contributed by atoms with Gasteiger partial charge in [0.1, 0.15) is 0 Å². The largest absolute Gasteiger partial charge is 0.478 e. The number of amides is 1. The first-order chi connectivity index (χ1) is 13.6. The van der Waals surface area contributed by atoms with Gasteiger partial charge in [-0.3, -0.25) is 4.79 Å². The van der Waals surface area contributed by atoms with Crippen molar-refractivity contribution < 1.29 is 27.9 Å². The van der Waals surface area contributed by atoms with Gasteiger partial charge < -0.3 is 10.0 Å². The number of halogens is 3. The van der Waals surface area contributed by atoms with E-state index in [9.17, 15) is 27.9 Å². The number of piperidine rings is 1. The van der Waals surface area contributed by atoms with E-state index in [4.69, 9.17) is 0 Å². The van der Waals surface area contributed by atoms with Gasteiger partial charge in [0.25, 0.3) is 0 Å². The highest BCUT2D eigenvalue weighted by Gasteiger charge is 2.30. The van der Waals surface area contributed by atoms with Crippen LogP contribution in [0.25, 0.3) is 0 Å². The van der Waals surface area contributed by atoms with Crippen molar-refractivity contribution in [2.75, 3.05) is 13.1 Å². The van der Waals surface area contributed by atoms with E-state index in [0.29, 0.717) is 24.2 Å². The molecule has 7 heteroatoms. The fraction of sp³-hybridized carbons (Fsp3) is 0.364. The van der Waals surface area contributed by atoms with E-state index in [1.807, 2.05) is 6.07 Å². The molecule has 1 amide bonds. The molecule has 4 nitrogen and oxygen atoms in total. The smallest absolute Gasteiger partial charge is 0.416 e. The minimum absolute atomic E-state index is 0.0407. The molecule has 1 heterocycles. The number of hydrogen-bond donors (Lipinski definition) is 1. The number of benzene rings is 2. The third-order valence-electron chi connectivity index (χ3n) is 5.37. The fourth-order valence-corrected chi connectivity index (χ4v) is 3.70. The SMILES string of the molecule is Cc1ccc(C2CCCN(C(=O)Cc3ccc(C(F)(F)F)cc3)C2)cc1C(=O)O. The zero-order valence-corrected chi connectivity index (χ0v) is 16.0. The Hall–Kier alpha value is -2.83. The molecule has 154 valence electrons. The molecular formula is C22H22F3NO3. The molecule has 2 aromatic rings. The molecule has 0 saturated carbocycles. The third kappa shape index (κ3) is 4.96. The summed E-state index contributed by atoms with van der Waals surface area (Å²) >= 11 is 0. The zero-order chi connectivity index (χ0) is 21.2. The van der Waals surface area contributed by atoms with Gasteiger partial charge in [-0.2, -0.15) is 13.2 Å².